The first-order valence-corrected chi connectivity index (χ1v) is 10.8. The molecule has 5 heteroatoms. The molecule has 4 rings (SSSR count). The Hall–Kier alpha value is -3.18. The Morgan fingerprint density at radius 2 is 1.58 bits per heavy atom. The number of hydrogen-bond donors (Lipinski definition) is 1. The van der Waals surface area contributed by atoms with Crippen LogP contribution in [0.1, 0.15) is 40.4 Å². The fourth-order valence-electron chi connectivity index (χ4n) is 4.43. The Balaban J connectivity index is 1.48. The minimum Gasteiger partial charge on any atom is -0.481 e. The van der Waals surface area contributed by atoms with Gasteiger partial charge in [0.2, 0.25) is 0 Å². The largest absolute Gasteiger partial charge is 0.481 e. The predicted molar refractivity (Wildman–Crippen MR) is 122 cm³/mol. The zero-order valence-corrected chi connectivity index (χ0v) is 17.8. The van der Waals surface area contributed by atoms with E-state index in [2.05, 4.69) is 29.2 Å². The fourth-order valence-corrected chi connectivity index (χ4v) is 4.43. The summed E-state index contributed by atoms with van der Waals surface area (Å²) >= 11 is 0. The van der Waals surface area contributed by atoms with Gasteiger partial charge in [-0.15, -0.1) is 0 Å². The molecule has 1 amide bonds. The van der Waals surface area contributed by atoms with Gasteiger partial charge in [0.15, 0.2) is 0 Å². The second-order valence-electron chi connectivity index (χ2n) is 8.21. The smallest absolute Gasteiger partial charge is 0.303 e. The molecule has 0 spiro atoms. The number of benzene rings is 3. The summed E-state index contributed by atoms with van der Waals surface area (Å²) in [6.07, 6.45) is 0.698. The van der Waals surface area contributed by atoms with Gasteiger partial charge in [-0.25, -0.2) is 0 Å². The quantitative estimate of drug-likeness (QED) is 0.642. The summed E-state index contributed by atoms with van der Waals surface area (Å²) < 4.78 is 0. The molecule has 160 valence electrons. The van der Waals surface area contributed by atoms with Crippen LogP contribution in [0.4, 0.5) is 0 Å². The van der Waals surface area contributed by atoms with E-state index in [1.807, 2.05) is 54.3 Å². The minimum absolute atomic E-state index is 0.0477. The van der Waals surface area contributed by atoms with Gasteiger partial charge in [-0.05, 0) is 35.7 Å². The molecule has 1 aliphatic rings. The third kappa shape index (κ3) is 4.78. The van der Waals surface area contributed by atoms with Crippen molar-refractivity contribution in [3.05, 3.63) is 83.4 Å². The number of aliphatic carboxylic acids is 1. The number of amides is 1. The summed E-state index contributed by atoms with van der Waals surface area (Å²) in [7, 11) is 0. The van der Waals surface area contributed by atoms with E-state index in [9.17, 15) is 14.7 Å². The average Bonchev–Trinajstić information content (AvgIpc) is 2.80. The summed E-state index contributed by atoms with van der Waals surface area (Å²) in [6, 6.07) is 22.2. The highest BCUT2D eigenvalue weighted by atomic mass is 16.4. The fraction of sp³-hybridized carbons (Fsp3) is 0.308. The van der Waals surface area contributed by atoms with Crippen LogP contribution in [0, 0.1) is 6.92 Å². The SMILES string of the molecule is Cc1ccc([C@H](CCC(=O)O)N2CCN(C(=O)c3cccc4ccccc34)CC2)cc1. The van der Waals surface area contributed by atoms with E-state index in [-0.39, 0.29) is 18.4 Å². The lowest BCUT2D eigenvalue weighted by Gasteiger charge is -2.39. The van der Waals surface area contributed by atoms with E-state index >= 15 is 0 Å². The van der Waals surface area contributed by atoms with Crippen molar-refractivity contribution < 1.29 is 14.7 Å². The molecule has 1 saturated heterocycles. The van der Waals surface area contributed by atoms with Crippen LogP contribution in [0.25, 0.3) is 10.8 Å². The van der Waals surface area contributed by atoms with Crippen molar-refractivity contribution in [2.45, 2.75) is 25.8 Å². The second-order valence-corrected chi connectivity index (χ2v) is 8.21. The van der Waals surface area contributed by atoms with Crippen molar-refractivity contribution in [1.82, 2.24) is 9.80 Å². The molecule has 0 unspecified atom stereocenters. The molecular formula is C26H28N2O3. The van der Waals surface area contributed by atoms with Gasteiger partial charge in [0.1, 0.15) is 0 Å². The number of carbonyl (C=O) groups is 2. The highest BCUT2D eigenvalue weighted by molar-refractivity contribution is 6.07. The Labute approximate surface area is 182 Å². The normalized spacial score (nSPS) is 15.7. The molecule has 1 fully saturated rings. The van der Waals surface area contributed by atoms with Gasteiger partial charge >= 0.3 is 5.97 Å². The van der Waals surface area contributed by atoms with Crippen molar-refractivity contribution >= 4 is 22.6 Å². The van der Waals surface area contributed by atoms with Gasteiger partial charge in [-0.1, -0.05) is 66.2 Å². The number of carboxylic acids is 1. The number of nitrogens with zero attached hydrogens (tertiary/aromatic N) is 2. The average molecular weight is 417 g/mol. The Bertz CT molecular complexity index is 1060. The van der Waals surface area contributed by atoms with Gasteiger partial charge in [-0.3, -0.25) is 14.5 Å². The van der Waals surface area contributed by atoms with Gasteiger partial charge < -0.3 is 10.0 Å². The molecule has 0 aromatic heterocycles. The third-order valence-electron chi connectivity index (χ3n) is 6.16. The molecule has 3 aromatic rings. The maximum absolute atomic E-state index is 13.2. The van der Waals surface area contributed by atoms with E-state index < -0.39 is 5.97 Å². The highest BCUT2D eigenvalue weighted by Crippen LogP contribution is 2.28. The topological polar surface area (TPSA) is 60.9 Å². The first-order valence-electron chi connectivity index (χ1n) is 10.8. The molecule has 0 bridgehead atoms. The van der Waals surface area contributed by atoms with Crippen LogP contribution in [-0.4, -0.2) is 53.0 Å². The molecule has 0 radical (unpaired) electrons. The Morgan fingerprint density at radius 1 is 0.903 bits per heavy atom. The molecular weight excluding hydrogens is 388 g/mol. The van der Waals surface area contributed by atoms with Crippen LogP contribution < -0.4 is 0 Å². The lowest BCUT2D eigenvalue weighted by Crippen LogP contribution is -2.49. The van der Waals surface area contributed by atoms with E-state index in [0.717, 1.165) is 35.0 Å². The number of aryl methyl sites for hydroxylation is 1. The van der Waals surface area contributed by atoms with Crippen LogP contribution in [0.3, 0.4) is 0 Å². The first kappa shape index (κ1) is 21.1. The molecule has 1 heterocycles. The number of rotatable bonds is 6. The number of carbonyl (C=O) groups excluding carboxylic acids is 1. The van der Waals surface area contributed by atoms with Crippen molar-refractivity contribution in [1.29, 1.82) is 0 Å². The molecule has 0 saturated carbocycles. The number of fused-ring (bicyclic) bond motifs is 1. The van der Waals surface area contributed by atoms with E-state index in [4.69, 9.17) is 0 Å². The van der Waals surface area contributed by atoms with Crippen LogP contribution in [0.5, 0.6) is 0 Å². The summed E-state index contributed by atoms with van der Waals surface area (Å²) in [5, 5.41) is 11.3. The summed E-state index contributed by atoms with van der Waals surface area (Å²) in [5.41, 5.74) is 3.07. The summed E-state index contributed by atoms with van der Waals surface area (Å²) in [4.78, 5) is 28.7. The number of piperazine rings is 1. The minimum atomic E-state index is -0.776. The van der Waals surface area contributed by atoms with Crippen molar-refractivity contribution in [3.63, 3.8) is 0 Å². The van der Waals surface area contributed by atoms with Crippen molar-refractivity contribution in [2.24, 2.45) is 0 Å². The Morgan fingerprint density at radius 3 is 2.29 bits per heavy atom. The maximum atomic E-state index is 13.2. The maximum Gasteiger partial charge on any atom is 0.303 e. The first-order chi connectivity index (χ1) is 15.0. The lowest BCUT2D eigenvalue weighted by molar-refractivity contribution is -0.137. The van der Waals surface area contributed by atoms with Gasteiger partial charge in [0.05, 0.1) is 0 Å². The molecule has 1 atom stereocenters. The molecule has 1 N–H and O–H groups in total. The van der Waals surface area contributed by atoms with Crippen LogP contribution in [0.15, 0.2) is 66.7 Å². The molecule has 31 heavy (non-hydrogen) atoms. The second kappa shape index (κ2) is 9.31. The van der Waals surface area contributed by atoms with E-state index in [1.165, 1.54) is 5.56 Å². The molecule has 0 aliphatic carbocycles. The highest BCUT2D eigenvalue weighted by Gasteiger charge is 2.28. The van der Waals surface area contributed by atoms with Gasteiger partial charge in [-0.2, -0.15) is 0 Å². The van der Waals surface area contributed by atoms with Gasteiger partial charge in [0, 0.05) is 44.2 Å². The van der Waals surface area contributed by atoms with Gasteiger partial charge in [0.25, 0.3) is 5.91 Å². The third-order valence-corrected chi connectivity index (χ3v) is 6.16. The Kier molecular flexibility index (Phi) is 6.33. The van der Waals surface area contributed by atoms with E-state index in [1.54, 1.807) is 0 Å². The molecule has 1 aliphatic heterocycles. The zero-order valence-electron chi connectivity index (χ0n) is 17.8. The van der Waals surface area contributed by atoms with Crippen LogP contribution >= 0.6 is 0 Å². The van der Waals surface area contributed by atoms with Crippen LogP contribution in [0.2, 0.25) is 0 Å². The molecule has 3 aromatic carbocycles. The zero-order chi connectivity index (χ0) is 21.8. The monoisotopic (exact) mass is 416 g/mol. The predicted octanol–water partition coefficient (Wildman–Crippen LogP) is 4.51. The lowest BCUT2D eigenvalue weighted by atomic mass is 9.98. The number of carboxylic acid groups (broad SMARTS) is 1. The van der Waals surface area contributed by atoms with Crippen molar-refractivity contribution in [3.8, 4) is 0 Å². The van der Waals surface area contributed by atoms with Crippen LogP contribution in [-0.2, 0) is 4.79 Å². The van der Waals surface area contributed by atoms with Crippen molar-refractivity contribution in [2.75, 3.05) is 26.2 Å². The number of hydrogen-bond acceptors (Lipinski definition) is 3. The summed E-state index contributed by atoms with van der Waals surface area (Å²) in [6.45, 7) is 4.78. The molecule has 5 nitrogen and oxygen atoms in total. The standard InChI is InChI=1S/C26H28N2O3/c1-19-9-11-21(12-10-19)24(13-14-25(29)30)27-15-17-28(18-16-27)26(31)23-8-4-6-20-5-2-3-7-22(20)23/h2-12,24H,13-18H2,1H3,(H,29,30)/t24-/m0/s1. The summed E-state index contributed by atoms with van der Waals surface area (Å²) in [5.74, 6) is -0.712. The van der Waals surface area contributed by atoms with E-state index in [0.29, 0.717) is 19.5 Å².